The smallest absolute Gasteiger partial charge is 0.151 e. The first-order valence-corrected chi connectivity index (χ1v) is 8.95. The van der Waals surface area contributed by atoms with Gasteiger partial charge >= 0.3 is 0 Å². The third-order valence-electron chi connectivity index (χ3n) is 3.86. The van der Waals surface area contributed by atoms with Crippen molar-refractivity contribution in [3.05, 3.63) is 35.4 Å². The molecular weight excluding hydrogens is 272 g/mol. The quantitative estimate of drug-likeness (QED) is 0.857. The first-order valence-electron chi connectivity index (χ1n) is 7.13. The molecule has 0 bridgehead atoms. The van der Waals surface area contributed by atoms with Crippen LogP contribution in [0.25, 0.3) is 0 Å². The Labute approximate surface area is 122 Å². The number of likely N-dealkylation sites (N-methyl/N-ethyl adjacent to an activating group) is 1. The van der Waals surface area contributed by atoms with Crippen molar-refractivity contribution in [3.63, 3.8) is 0 Å². The van der Waals surface area contributed by atoms with Crippen molar-refractivity contribution in [3.8, 4) is 0 Å². The van der Waals surface area contributed by atoms with Crippen LogP contribution in [-0.4, -0.2) is 51.0 Å². The molecule has 1 aliphatic heterocycles. The maximum atomic E-state index is 11.4. The summed E-state index contributed by atoms with van der Waals surface area (Å²) in [7, 11) is -0.680. The molecular formula is C15H24N2O2S. The first-order chi connectivity index (χ1) is 9.46. The lowest BCUT2D eigenvalue weighted by molar-refractivity contribution is 0.318. The SMILES string of the molecule is Cc1ccccc1CN(C)CCNC1CCS(=O)(=O)C1. The minimum atomic E-state index is -2.78. The van der Waals surface area contributed by atoms with Gasteiger partial charge in [0.25, 0.3) is 0 Å². The molecule has 0 spiro atoms. The zero-order valence-corrected chi connectivity index (χ0v) is 13.1. The molecule has 1 heterocycles. The number of benzene rings is 1. The van der Waals surface area contributed by atoms with E-state index >= 15 is 0 Å². The third-order valence-corrected chi connectivity index (χ3v) is 5.63. The zero-order valence-electron chi connectivity index (χ0n) is 12.3. The van der Waals surface area contributed by atoms with Crippen molar-refractivity contribution in [2.24, 2.45) is 0 Å². The molecule has 1 aromatic rings. The summed E-state index contributed by atoms with van der Waals surface area (Å²) in [4.78, 5) is 2.26. The molecule has 1 saturated heterocycles. The molecule has 5 heteroatoms. The summed E-state index contributed by atoms with van der Waals surface area (Å²) in [5, 5.41) is 3.35. The van der Waals surface area contributed by atoms with Crippen LogP contribution in [-0.2, 0) is 16.4 Å². The van der Waals surface area contributed by atoms with Crippen LogP contribution in [0.3, 0.4) is 0 Å². The second kappa shape index (κ2) is 6.70. The Morgan fingerprint density at radius 1 is 1.35 bits per heavy atom. The van der Waals surface area contributed by atoms with Gasteiger partial charge in [-0.1, -0.05) is 24.3 Å². The van der Waals surface area contributed by atoms with E-state index in [1.807, 2.05) is 0 Å². The second-order valence-corrected chi connectivity index (χ2v) is 7.95. The molecule has 0 radical (unpaired) electrons. The van der Waals surface area contributed by atoms with E-state index < -0.39 is 9.84 Å². The Morgan fingerprint density at radius 3 is 2.75 bits per heavy atom. The second-order valence-electron chi connectivity index (χ2n) is 5.72. The molecule has 0 aromatic heterocycles. The standard InChI is InChI=1S/C15H24N2O2S/c1-13-5-3-4-6-14(13)11-17(2)9-8-16-15-7-10-20(18,19)12-15/h3-6,15-16H,7-12H2,1-2H3. The van der Waals surface area contributed by atoms with Crippen molar-refractivity contribution < 1.29 is 8.42 Å². The molecule has 1 aromatic carbocycles. The first kappa shape index (κ1) is 15.5. The minimum absolute atomic E-state index is 0.145. The van der Waals surface area contributed by atoms with Gasteiger partial charge in [0, 0.05) is 25.7 Å². The summed E-state index contributed by atoms with van der Waals surface area (Å²) in [6.45, 7) is 4.82. The lowest BCUT2D eigenvalue weighted by Gasteiger charge is -2.19. The molecule has 0 amide bonds. The molecule has 20 heavy (non-hydrogen) atoms. The fourth-order valence-electron chi connectivity index (χ4n) is 2.57. The van der Waals surface area contributed by atoms with Gasteiger partial charge < -0.3 is 10.2 Å². The van der Waals surface area contributed by atoms with Crippen molar-refractivity contribution in [2.45, 2.75) is 25.9 Å². The van der Waals surface area contributed by atoms with Crippen LogP contribution in [0.4, 0.5) is 0 Å². The summed E-state index contributed by atoms with van der Waals surface area (Å²) in [6.07, 6.45) is 0.754. The predicted octanol–water partition coefficient (Wildman–Crippen LogP) is 1.20. The van der Waals surface area contributed by atoms with Crippen LogP contribution in [0, 0.1) is 6.92 Å². The Kier molecular flexibility index (Phi) is 5.18. The Bertz CT molecular complexity index is 543. The molecule has 1 N–H and O–H groups in total. The van der Waals surface area contributed by atoms with Gasteiger partial charge in [0.1, 0.15) is 0 Å². The van der Waals surface area contributed by atoms with E-state index in [-0.39, 0.29) is 6.04 Å². The summed E-state index contributed by atoms with van der Waals surface area (Å²) in [6, 6.07) is 8.55. The Hall–Kier alpha value is -0.910. The third kappa shape index (κ3) is 4.58. The predicted molar refractivity (Wildman–Crippen MR) is 82.6 cm³/mol. The van der Waals surface area contributed by atoms with Gasteiger partial charge in [-0.25, -0.2) is 8.42 Å². The van der Waals surface area contributed by atoms with E-state index in [0.29, 0.717) is 11.5 Å². The lowest BCUT2D eigenvalue weighted by Crippen LogP contribution is -2.36. The van der Waals surface area contributed by atoms with Gasteiger partial charge in [0.15, 0.2) is 9.84 Å². The molecule has 1 aliphatic rings. The maximum absolute atomic E-state index is 11.4. The van der Waals surface area contributed by atoms with Crippen molar-refractivity contribution in [2.75, 3.05) is 31.6 Å². The highest BCUT2D eigenvalue weighted by Gasteiger charge is 2.27. The normalized spacial score (nSPS) is 21.4. The fourth-order valence-corrected chi connectivity index (χ4v) is 4.28. The number of nitrogens with zero attached hydrogens (tertiary/aromatic N) is 1. The van der Waals surface area contributed by atoms with Crippen LogP contribution in [0.15, 0.2) is 24.3 Å². The molecule has 0 saturated carbocycles. The zero-order chi connectivity index (χ0) is 14.6. The van der Waals surface area contributed by atoms with Gasteiger partial charge in [0.2, 0.25) is 0 Å². The average molecular weight is 296 g/mol. The number of aryl methyl sites for hydroxylation is 1. The van der Waals surface area contributed by atoms with Gasteiger partial charge in [-0.2, -0.15) is 0 Å². The summed E-state index contributed by atoms with van der Waals surface area (Å²) < 4.78 is 22.7. The van der Waals surface area contributed by atoms with E-state index in [1.54, 1.807) is 0 Å². The number of rotatable bonds is 6. The molecule has 112 valence electrons. The van der Waals surface area contributed by atoms with Crippen molar-refractivity contribution in [1.82, 2.24) is 10.2 Å². The topological polar surface area (TPSA) is 49.4 Å². The monoisotopic (exact) mass is 296 g/mol. The minimum Gasteiger partial charge on any atom is -0.312 e. The number of hydrogen-bond donors (Lipinski definition) is 1. The molecule has 1 unspecified atom stereocenters. The number of hydrogen-bond acceptors (Lipinski definition) is 4. The molecule has 4 nitrogen and oxygen atoms in total. The summed E-state index contributed by atoms with van der Waals surface area (Å²) in [5.74, 6) is 0.637. The molecule has 1 atom stereocenters. The van der Waals surface area contributed by atoms with Gasteiger partial charge in [0.05, 0.1) is 11.5 Å². The van der Waals surface area contributed by atoms with E-state index in [9.17, 15) is 8.42 Å². The average Bonchev–Trinajstić information content (AvgIpc) is 2.72. The van der Waals surface area contributed by atoms with Gasteiger partial charge in [-0.15, -0.1) is 0 Å². The number of nitrogens with one attached hydrogen (secondary N) is 1. The Morgan fingerprint density at radius 2 is 2.10 bits per heavy atom. The molecule has 2 rings (SSSR count). The maximum Gasteiger partial charge on any atom is 0.151 e. The summed E-state index contributed by atoms with van der Waals surface area (Å²) >= 11 is 0. The van der Waals surface area contributed by atoms with Crippen LogP contribution in [0.2, 0.25) is 0 Å². The highest BCUT2D eigenvalue weighted by molar-refractivity contribution is 7.91. The summed E-state index contributed by atoms with van der Waals surface area (Å²) in [5.41, 5.74) is 2.66. The Balaban J connectivity index is 1.71. The number of sulfone groups is 1. The van der Waals surface area contributed by atoms with E-state index in [4.69, 9.17) is 0 Å². The molecule has 1 fully saturated rings. The largest absolute Gasteiger partial charge is 0.312 e. The van der Waals surface area contributed by atoms with Gasteiger partial charge in [-0.3, -0.25) is 0 Å². The van der Waals surface area contributed by atoms with E-state index in [0.717, 1.165) is 26.1 Å². The van der Waals surface area contributed by atoms with Crippen molar-refractivity contribution >= 4 is 9.84 Å². The van der Waals surface area contributed by atoms with Gasteiger partial charge in [-0.05, 0) is 31.5 Å². The van der Waals surface area contributed by atoms with Crippen LogP contribution < -0.4 is 5.32 Å². The fraction of sp³-hybridized carbons (Fsp3) is 0.600. The van der Waals surface area contributed by atoms with E-state index in [2.05, 4.69) is 48.5 Å². The van der Waals surface area contributed by atoms with Crippen molar-refractivity contribution in [1.29, 1.82) is 0 Å². The van der Waals surface area contributed by atoms with Crippen LogP contribution in [0.5, 0.6) is 0 Å². The highest BCUT2D eigenvalue weighted by Crippen LogP contribution is 2.11. The highest BCUT2D eigenvalue weighted by atomic mass is 32.2. The van der Waals surface area contributed by atoms with Crippen LogP contribution >= 0.6 is 0 Å². The lowest BCUT2D eigenvalue weighted by atomic mass is 10.1. The van der Waals surface area contributed by atoms with E-state index in [1.165, 1.54) is 11.1 Å². The van der Waals surface area contributed by atoms with Crippen LogP contribution in [0.1, 0.15) is 17.5 Å². The molecule has 0 aliphatic carbocycles.